The van der Waals surface area contributed by atoms with Crippen molar-refractivity contribution in [2.24, 2.45) is 5.73 Å². The van der Waals surface area contributed by atoms with Crippen LogP contribution in [0.2, 0.25) is 0 Å². The summed E-state index contributed by atoms with van der Waals surface area (Å²) in [5.74, 6) is 0.827. The van der Waals surface area contributed by atoms with E-state index in [1.165, 1.54) is 0 Å². The highest BCUT2D eigenvalue weighted by Gasteiger charge is 1.98. The third-order valence-electron chi connectivity index (χ3n) is 1.76. The minimum absolute atomic E-state index is 0.166. The van der Waals surface area contributed by atoms with E-state index >= 15 is 0 Å². The Bertz CT molecular complexity index is 320. The van der Waals surface area contributed by atoms with Crippen molar-refractivity contribution in [1.29, 1.82) is 0 Å². The van der Waals surface area contributed by atoms with E-state index in [1.807, 2.05) is 38.1 Å². The lowest BCUT2D eigenvalue weighted by Crippen LogP contribution is -2.28. The van der Waals surface area contributed by atoms with Crippen LogP contribution in [0.5, 0.6) is 5.75 Å². The van der Waals surface area contributed by atoms with Gasteiger partial charge in [-0.25, -0.2) is 4.79 Å². The predicted molar refractivity (Wildman–Crippen MR) is 58.6 cm³/mol. The summed E-state index contributed by atoms with van der Waals surface area (Å²) >= 11 is 0. The number of amides is 2. The van der Waals surface area contributed by atoms with E-state index < -0.39 is 6.03 Å². The largest absolute Gasteiger partial charge is 0.491 e. The lowest BCUT2D eigenvalue weighted by atomic mass is 10.2. The summed E-state index contributed by atoms with van der Waals surface area (Å²) in [5.41, 5.74) is 5.95. The Kier molecular flexibility index (Phi) is 3.97. The maximum absolute atomic E-state index is 10.5. The Labute approximate surface area is 89.4 Å². The summed E-state index contributed by atoms with van der Waals surface area (Å²) in [4.78, 5) is 10.5. The van der Waals surface area contributed by atoms with Crippen molar-refractivity contribution in [2.45, 2.75) is 26.5 Å². The summed E-state index contributed by atoms with van der Waals surface area (Å²) in [6, 6.07) is 7.02. The molecular formula is C11H16N2O2. The molecule has 0 aliphatic rings. The fourth-order valence-electron chi connectivity index (χ4n) is 1.15. The Hall–Kier alpha value is -1.71. The molecule has 0 bridgehead atoms. The topological polar surface area (TPSA) is 64.3 Å². The molecule has 0 aromatic heterocycles. The molecule has 0 radical (unpaired) electrons. The van der Waals surface area contributed by atoms with Gasteiger partial charge in [0.05, 0.1) is 6.10 Å². The number of hydrogen-bond acceptors (Lipinski definition) is 2. The molecule has 0 fully saturated rings. The molecule has 1 aromatic rings. The number of rotatable bonds is 4. The second-order valence-corrected chi connectivity index (χ2v) is 3.53. The van der Waals surface area contributed by atoms with Crippen LogP contribution in [-0.4, -0.2) is 12.1 Å². The summed E-state index contributed by atoms with van der Waals surface area (Å²) in [5, 5.41) is 2.52. The normalized spacial score (nSPS) is 10.1. The van der Waals surface area contributed by atoms with Gasteiger partial charge < -0.3 is 15.8 Å². The molecule has 1 aromatic carbocycles. The predicted octanol–water partition coefficient (Wildman–Crippen LogP) is 1.64. The van der Waals surface area contributed by atoms with Crippen LogP contribution in [0.3, 0.4) is 0 Å². The van der Waals surface area contributed by atoms with Crippen molar-refractivity contribution in [3.63, 3.8) is 0 Å². The third kappa shape index (κ3) is 4.35. The smallest absolute Gasteiger partial charge is 0.312 e. The van der Waals surface area contributed by atoms with E-state index in [-0.39, 0.29) is 6.10 Å². The summed E-state index contributed by atoms with van der Waals surface area (Å²) in [6.45, 7) is 4.39. The zero-order valence-electron chi connectivity index (χ0n) is 8.99. The molecule has 0 heterocycles. The summed E-state index contributed by atoms with van der Waals surface area (Å²) in [6.07, 6.45) is 0.166. The van der Waals surface area contributed by atoms with E-state index in [2.05, 4.69) is 5.32 Å². The Balaban J connectivity index is 2.52. The van der Waals surface area contributed by atoms with Crippen molar-refractivity contribution < 1.29 is 9.53 Å². The number of benzene rings is 1. The highest BCUT2D eigenvalue weighted by Crippen LogP contribution is 2.13. The van der Waals surface area contributed by atoms with Gasteiger partial charge in [-0.15, -0.1) is 0 Å². The van der Waals surface area contributed by atoms with E-state index in [4.69, 9.17) is 10.5 Å². The number of nitrogens with two attached hydrogens (primary N) is 1. The molecule has 0 atom stereocenters. The van der Waals surface area contributed by atoms with Gasteiger partial charge in [0.1, 0.15) is 5.75 Å². The lowest BCUT2D eigenvalue weighted by Gasteiger charge is -2.10. The highest BCUT2D eigenvalue weighted by atomic mass is 16.5. The molecule has 1 rings (SSSR count). The van der Waals surface area contributed by atoms with Crippen molar-refractivity contribution in [3.05, 3.63) is 29.8 Å². The Morgan fingerprint density at radius 3 is 2.47 bits per heavy atom. The maximum atomic E-state index is 10.5. The number of ether oxygens (including phenoxy) is 1. The first-order valence-electron chi connectivity index (χ1n) is 4.87. The van der Waals surface area contributed by atoms with Crippen LogP contribution in [0.1, 0.15) is 19.4 Å². The number of primary amides is 1. The van der Waals surface area contributed by atoms with Crippen molar-refractivity contribution >= 4 is 6.03 Å². The Morgan fingerprint density at radius 2 is 2.00 bits per heavy atom. The number of urea groups is 1. The molecule has 4 heteroatoms. The van der Waals surface area contributed by atoms with Crippen LogP contribution in [0, 0.1) is 0 Å². The van der Waals surface area contributed by atoms with Crippen LogP contribution >= 0.6 is 0 Å². The average molecular weight is 208 g/mol. The zero-order valence-corrected chi connectivity index (χ0v) is 8.99. The molecule has 0 saturated heterocycles. The number of hydrogen-bond donors (Lipinski definition) is 2. The molecule has 15 heavy (non-hydrogen) atoms. The molecule has 2 amide bonds. The van der Waals surface area contributed by atoms with Crippen molar-refractivity contribution in [2.75, 3.05) is 0 Å². The second-order valence-electron chi connectivity index (χ2n) is 3.53. The minimum atomic E-state index is -0.516. The van der Waals surface area contributed by atoms with E-state index in [0.29, 0.717) is 6.54 Å². The van der Waals surface area contributed by atoms with Gasteiger partial charge in [0.25, 0.3) is 0 Å². The first-order chi connectivity index (χ1) is 7.08. The van der Waals surface area contributed by atoms with Crippen LogP contribution in [-0.2, 0) is 6.54 Å². The van der Waals surface area contributed by atoms with Gasteiger partial charge in [-0.3, -0.25) is 0 Å². The average Bonchev–Trinajstić information content (AvgIpc) is 2.16. The quantitative estimate of drug-likeness (QED) is 0.790. The van der Waals surface area contributed by atoms with Gasteiger partial charge >= 0.3 is 6.03 Å². The van der Waals surface area contributed by atoms with Crippen LogP contribution < -0.4 is 15.8 Å². The minimum Gasteiger partial charge on any atom is -0.491 e. The first kappa shape index (κ1) is 11.4. The number of carbonyl (C=O) groups excluding carboxylic acids is 1. The number of nitrogens with one attached hydrogen (secondary N) is 1. The van der Waals surface area contributed by atoms with E-state index in [9.17, 15) is 4.79 Å². The lowest BCUT2D eigenvalue weighted by molar-refractivity contribution is 0.242. The van der Waals surface area contributed by atoms with Gasteiger partial charge in [0, 0.05) is 6.54 Å². The van der Waals surface area contributed by atoms with Gasteiger partial charge in [0.2, 0.25) is 0 Å². The fraction of sp³-hybridized carbons (Fsp3) is 0.364. The standard InChI is InChI=1S/C11H16N2O2/c1-8(2)15-10-5-3-9(4-6-10)7-13-11(12)14/h3-6,8H,7H2,1-2H3,(H3,12,13,14). The van der Waals surface area contributed by atoms with Gasteiger partial charge in [0.15, 0.2) is 0 Å². The molecular weight excluding hydrogens is 192 g/mol. The SMILES string of the molecule is CC(C)Oc1ccc(CNC(N)=O)cc1. The molecule has 82 valence electrons. The van der Waals surface area contributed by atoms with Gasteiger partial charge in [-0.05, 0) is 31.5 Å². The molecule has 0 aliphatic carbocycles. The fourth-order valence-corrected chi connectivity index (χ4v) is 1.15. The Morgan fingerprint density at radius 1 is 1.40 bits per heavy atom. The third-order valence-corrected chi connectivity index (χ3v) is 1.76. The first-order valence-corrected chi connectivity index (χ1v) is 4.87. The number of carbonyl (C=O) groups is 1. The molecule has 0 saturated carbocycles. The monoisotopic (exact) mass is 208 g/mol. The zero-order chi connectivity index (χ0) is 11.3. The summed E-state index contributed by atoms with van der Waals surface area (Å²) < 4.78 is 5.48. The van der Waals surface area contributed by atoms with E-state index in [0.717, 1.165) is 11.3 Å². The molecule has 0 unspecified atom stereocenters. The van der Waals surface area contributed by atoms with Gasteiger partial charge in [-0.2, -0.15) is 0 Å². The maximum Gasteiger partial charge on any atom is 0.312 e. The van der Waals surface area contributed by atoms with Crippen molar-refractivity contribution in [1.82, 2.24) is 5.32 Å². The van der Waals surface area contributed by atoms with Crippen LogP contribution in [0.4, 0.5) is 4.79 Å². The van der Waals surface area contributed by atoms with Crippen LogP contribution in [0.15, 0.2) is 24.3 Å². The van der Waals surface area contributed by atoms with Crippen LogP contribution in [0.25, 0.3) is 0 Å². The second kappa shape index (κ2) is 5.24. The molecule has 4 nitrogen and oxygen atoms in total. The summed E-state index contributed by atoms with van der Waals surface area (Å²) in [7, 11) is 0. The molecule has 0 aliphatic heterocycles. The van der Waals surface area contributed by atoms with E-state index in [1.54, 1.807) is 0 Å². The van der Waals surface area contributed by atoms with Gasteiger partial charge in [-0.1, -0.05) is 12.1 Å². The molecule has 3 N–H and O–H groups in total. The molecule has 0 spiro atoms. The highest BCUT2D eigenvalue weighted by molar-refractivity contribution is 5.71. The van der Waals surface area contributed by atoms with Crippen molar-refractivity contribution in [3.8, 4) is 5.75 Å².